The van der Waals surface area contributed by atoms with Crippen molar-refractivity contribution in [3.63, 3.8) is 0 Å². The van der Waals surface area contributed by atoms with Crippen molar-refractivity contribution in [2.45, 2.75) is 55.5 Å². The lowest BCUT2D eigenvalue weighted by molar-refractivity contribution is -0.426. The molecule has 1 aromatic heterocycles. The molecule has 0 bridgehead atoms. The molecule has 0 N–H and O–H groups in total. The molecule has 0 saturated heterocycles. The van der Waals surface area contributed by atoms with Crippen molar-refractivity contribution in [1.82, 2.24) is 5.16 Å². The van der Waals surface area contributed by atoms with Crippen LogP contribution in [-0.2, 0) is 18.8 Å². The van der Waals surface area contributed by atoms with E-state index in [-0.39, 0.29) is 25.0 Å². The summed E-state index contributed by atoms with van der Waals surface area (Å²) in [5.41, 5.74) is -0.954. The number of fused-ring (bicyclic) bond motifs is 1. The fourth-order valence-electron chi connectivity index (χ4n) is 2.35. The van der Waals surface area contributed by atoms with E-state index in [2.05, 4.69) is 9.68 Å². The van der Waals surface area contributed by atoms with Gasteiger partial charge in [-0.25, -0.2) is 0 Å². The summed E-state index contributed by atoms with van der Waals surface area (Å²) in [6.07, 6.45) is -6.99. The number of alkyl halides is 11. The molecule has 0 radical (unpaired) electrons. The van der Waals surface area contributed by atoms with Crippen LogP contribution in [0.4, 0.5) is 48.3 Å². The lowest BCUT2D eigenvalue weighted by Crippen LogP contribution is -2.65. The third-order valence-electron chi connectivity index (χ3n) is 3.78. The Morgan fingerprint density at radius 3 is 1.72 bits per heavy atom. The standard InChI is InChI=1S/C12H8F11NO/c13-8(14,7-5-3-1-2-4-6(5)24-25-7)9(15,16)10(17,18)11(19,20)12(21,22)23/h1-4H2. The van der Waals surface area contributed by atoms with Gasteiger partial charge >= 0.3 is 29.9 Å². The smallest absolute Gasteiger partial charge is 0.354 e. The first-order valence-electron chi connectivity index (χ1n) is 6.65. The number of hydrogen-bond acceptors (Lipinski definition) is 2. The number of halogens is 11. The van der Waals surface area contributed by atoms with Crippen LogP contribution in [0.15, 0.2) is 4.52 Å². The average molecular weight is 391 g/mol. The van der Waals surface area contributed by atoms with Gasteiger partial charge in [0, 0.05) is 5.56 Å². The summed E-state index contributed by atoms with van der Waals surface area (Å²) in [5, 5.41) is 2.99. The van der Waals surface area contributed by atoms with Crippen LogP contribution in [-0.4, -0.2) is 29.1 Å². The molecule has 1 aromatic rings. The SMILES string of the molecule is FC(F)(F)C(F)(F)C(F)(F)C(F)(F)C(F)(F)c1onc2c1CCCC2. The summed E-state index contributed by atoms with van der Waals surface area (Å²) in [6, 6.07) is 0. The molecule has 0 spiro atoms. The van der Waals surface area contributed by atoms with E-state index in [4.69, 9.17) is 0 Å². The van der Waals surface area contributed by atoms with Gasteiger partial charge in [0.2, 0.25) is 5.76 Å². The number of rotatable bonds is 4. The minimum absolute atomic E-state index is 0.0183. The van der Waals surface area contributed by atoms with E-state index in [0.29, 0.717) is 6.42 Å². The summed E-state index contributed by atoms with van der Waals surface area (Å²) in [6.45, 7) is 0. The molecule has 0 atom stereocenters. The maximum atomic E-state index is 13.9. The second-order valence-electron chi connectivity index (χ2n) is 5.44. The zero-order valence-electron chi connectivity index (χ0n) is 11.8. The van der Waals surface area contributed by atoms with Crippen molar-refractivity contribution in [3.8, 4) is 0 Å². The highest BCUT2D eigenvalue weighted by molar-refractivity contribution is 5.31. The van der Waals surface area contributed by atoms with Crippen LogP contribution in [0.5, 0.6) is 0 Å². The highest BCUT2D eigenvalue weighted by atomic mass is 19.4. The molecule has 13 heteroatoms. The van der Waals surface area contributed by atoms with E-state index in [0.717, 1.165) is 0 Å². The molecule has 2 nitrogen and oxygen atoms in total. The van der Waals surface area contributed by atoms with Gasteiger partial charge in [-0.05, 0) is 25.7 Å². The van der Waals surface area contributed by atoms with Crippen molar-refractivity contribution in [1.29, 1.82) is 0 Å². The van der Waals surface area contributed by atoms with E-state index in [1.54, 1.807) is 0 Å². The third kappa shape index (κ3) is 2.57. The number of aryl methyl sites for hydroxylation is 1. The molecule has 1 aliphatic carbocycles. The molecule has 0 unspecified atom stereocenters. The molecule has 1 aliphatic rings. The van der Waals surface area contributed by atoms with Gasteiger partial charge in [-0.1, -0.05) is 5.16 Å². The van der Waals surface area contributed by atoms with Gasteiger partial charge < -0.3 is 4.52 Å². The predicted octanol–water partition coefficient (Wildman–Crippen LogP) is 5.11. The zero-order chi connectivity index (χ0) is 19.5. The molecule has 2 rings (SSSR count). The molecular weight excluding hydrogens is 383 g/mol. The Morgan fingerprint density at radius 2 is 1.20 bits per heavy atom. The molecule has 0 saturated carbocycles. The molecule has 0 fully saturated rings. The predicted molar refractivity (Wildman–Crippen MR) is 57.9 cm³/mol. The topological polar surface area (TPSA) is 26.0 Å². The monoisotopic (exact) mass is 391 g/mol. The largest absolute Gasteiger partial charge is 0.460 e. The normalized spacial score (nSPS) is 17.6. The summed E-state index contributed by atoms with van der Waals surface area (Å²) in [5.74, 6) is -30.2. The average Bonchev–Trinajstić information content (AvgIpc) is 2.89. The van der Waals surface area contributed by atoms with Crippen molar-refractivity contribution < 1.29 is 52.8 Å². The van der Waals surface area contributed by atoms with Crippen LogP contribution >= 0.6 is 0 Å². The van der Waals surface area contributed by atoms with E-state index in [9.17, 15) is 48.3 Å². The Morgan fingerprint density at radius 1 is 0.680 bits per heavy atom. The quantitative estimate of drug-likeness (QED) is 0.667. The lowest BCUT2D eigenvalue weighted by Gasteiger charge is -2.36. The van der Waals surface area contributed by atoms with Crippen LogP contribution in [0.2, 0.25) is 0 Å². The van der Waals surface area contributed by atoms with Crippen LogP contribution in [0.25, 0.3) is 0 Å². The molecule has 25 heavy (non-hydrogen) atoms. The van der Waals surface area contributed by atoms with Crippen LogP contribution < -0.4 is 0 Å². The fourth-order valence-corrected chi connectivity index (χ4v) is 2.35. The Balaban J connectivity index is 2.55. The lowest BCUT2D eigenvalue weighted by atomic mass is 9.90. The fraction of sp³-hybridized carbons (Fsp3) is 0.750. The van der Waals surface area contributed by atoms with Crippen molar-refractivity contribution in [3.05, 3.63) is 17.0 Å². The van der Waals surface area contributed by atoms with Crippen molar-refractivity contribution in [2.75, 3.05) is 0 Å². The summed E-state index contributed by atoms with van der Waals surface area (Å²) in [7, 11) is 0. The van der Waals surface area contributed by atoms with Gasteiger partial charge in [0.1, 0.15) is 0 Å². The van der Waals surface area contributed by atoms with Crippen molar-refractivity contribution in [2.24, 2.45) is 0 Å². The summed E-state index contributed by atoms with van der Waals surface area (Å²) in [4.78, 5) is 0. The number of nitrogens with zero attached hydrogens (tertiary/aromatic N) is 1. The van der Waals surface area contributed by atoms with Gasteiger partial charge in [0.25, 0.3) is 0 Å². The van der Waals surface area contributed by atoms with Crippen molar-refractivity contribution >= 4 is 0 Å². The van der Waals surface area contributed by atoms with Crippen LogP contribution in [0, 0.1) is 0 Å². The minimum Gasteiger partial charge on any atom is -0.354 e. The maximum absolute atomic E-state index is 13.9. The highest BCUT2D eigenvalue weighted by Crippen LogP contribution is 2.60. The molecule has 0 amide bonds. The second-order valence-corrected chi connectivity index (χ2v) is 5.44. The van der Waals surface area contributed by atoms with Gasteiger partial charge in [0.15, 0.2) is 0 Å². The zero-order valence-corrected chi connectivity index (χ0v) is 11.8. The van der Waals surface area contributed by atoms with E-state index in [1.807, 2.05) is 0 Å². The second kappa shape index (κ2) is 5.47. The Bertz CT molecular complexity index is 646. The summed E-state index contributed by atoms with van der Waals surface area (Å²) >= 11 is 0. The van der Waals surface area contributed by atoms with Gasteiger partial charge in [-0.2, -0.15) is 48.3 Å². The van der Waals surface area contributed by atoms with Crippen LogP contribution in [0.3, 0.4) is 0 Å². The maximum Gasteiger partial charge on any atom is 0.460 e. The molecule has 1 heterocycles. The van der Waals surface area contributed by atoms with Gasteiger partial charge in [0.05, 0.1) is 5.69 Å². The molecular formula is C12H8F11NO. The highest BCUT2D eigenvalue weighted by Gasteiger charge is 2.88. The summed E-state index contributed by atoms with van der Waals surface area (Å²) < 4.78 is 147. The van der Waals surface area contributed by atoms with Gasteiger partial charge in [-0.3, -0.25) is 0 Å². The number of hydrogen-bond donors (Lipinski definition) is 0. The molecule has 0 aromatic carbocycles. The Kier molecular flexibility index (Phi) is 4.32. The molecule has 144 valence electrons. The Hall–Kier alpha value is -1.56. The van der Waals surface area contributed by atoms with E-state index in [1.165, 1.54) is 0 Å². The first kappa shape index (κ1) is 19.8. The first-order chi connectivity index (χ1) is 11.1. The van der Waals surface area contributed by atoms with Gasteiger partial charge in [-0.15, -0.1) is 0 Å². The Labute approximate surface area is 131 Å². The third-order valence-corrected chi connectivity index (χ3v) is 3.78. The first-order valence-corrected chi connectivity index (χ1v) is 6.65. The number of aromatic nitrogens is 1. The minimum atomic E-state index is -7.45. The molecule has 0 aliphatic heterocycles. The van der Waals surface area contributed by atoms with E-state index < -0.39 is 41.2 Å². The van der Waals surface area contributed by atoms with E-state index >= 15 is 0 Å². The van der Waals surface area contributed by atoms with Crippen LogP contribution in [0.1, 0.15) is 29.9 Å².